The molecule has 2 aromatic heterocycles. The van der Waals surface area contributed by atoms with Gasteiger partial charge in [0, 0.05) is 79.6 Å². The fourth-order valence-corrected chi connectivity index (χ4v) is 9.77. The molecule has 18 heteroatoms. The van der Waals surface area contributed by atoms with Crippen molar-refractivity contribution in [2.24, 2.45) is 29.4 Å². The van der Waals surface area contributed by atoms with E-state index in [1.807, 2.05) is 140 Å². The number of carbonyl (C=O) groups excluding carboxylic acids is 5. The number of hydrogen-bond acceptors (Lipinski definition) is 15. The van der Waals surface area contributed by atoms with E-state index in [1.54, 1.807) is 22.2 Å². The second kappa shape index (κ2) is 31.2. The third kappa shape index (κ3) is 18.2. The van der Waals surface area contributed by atoms with E-state index in [2.05, 4.69) is 52.9 Å². The Morgan fingerprint density at radius 2 is 0.919 bits per heavy atom. The summed E-state index contributed by atoms with van der Waals surface area (Å²) < 4.78 is 26.6. The van der Waals surface area contributed by atoms with Crippen LogP contribution in [0.15, 0.2) is 152 Å². The first-order chi connectivity index (χ1) is 41.6. The highest BCUT2D eigenvalue weighted by molar-refractivity contribution is 5.88. The summed E-state index contributed by atoms with van der Waals surface area (Å²) in [6.45, 7) is 11.6. The SMILES string of the molecule is COC(=O)C1CN(C(=O)[C@@H](N)Cc2ccc(-c3ncc(-c4ccc(OCCCC(C)C)cc4)cn3)cc2)C1.COC(=O)C1CN(C(=O)[C@H](Cc2ccc(-c3ncc(-c4ccc(OCCCC(C)C)cc4)cn3)cc2)NC(=O)OCc2ccccc2)C1. The van der Waals surface area contributed by atoms with Crippen LogP contribution in [0.4, 0.5) is 4.79 Å². The molecule has 3 N–H and O–H groups in total. The van der Waals surface area contributed by atoms with Gasteiger partial charge in [0.1, 0.15) is 24.1 Å². The molecule has 0 saturated carbocycles. The van der Waals surface area contributed by atoms with Crippen molar-refractivity contribution in [2.45, 2.75) is 84.9 Å². The Bertz CT molecular complexity index is 3280. The van der Waals surface area contributed by atoms with Crippen LogP contribution in [0, 0.1) is 23.7 Å². The smallest absolute Gasteiger partial charge is 0.408 e. The minimum atomic E-state index is -0.884. The lowest BCUT2D eigenvalue weighted by Crippen LogP contribution is -2.59. The second-order valence-electron chi connectivity index (χ2n) is 22.5. The number of nitrogens with two attached hydrogens (primary N) is 1. The van der Waals surface area contributed by atoms with Gasteiger partial charge in [-0.25, -0.2) is 24.7 Å². The Morgan fingerprint density at radius 1 is 0.512 bits per heavy atom. The quantitative estimate of drug-likeness (QED) is 0.0308. The van der Waals surface area contributed by atoms with Gasteiger partial charge in [-0.05, 0) is 96.0 Å². The van der Waals surface area contributed by atoms with Crippen molar-refractivity contribution in [1.29, 1.82) is 0 Å². The summed E-state index contributed by atoms with van der Waals surface area (Å²) in [4.78, 5) is 83.5. The Labute approximate surface area is 503 Å². The van der Waals surface area contributed by atoms with Crippen molar-refractivity contribution in [3.8, 4) is 56.5 Å². The largest absolute Gasteiger partial charge is 0.494 e. The van der Waals surface area contributed by atoms with Crippen molar-refractivity contribution in [1.82, 2.24) is 35.1 Å². The van der Waals surface area contributed by atoms with E-state index >= 15 is 0 Å². The normalized spacial score (nSPS) is 13.7. The molecule has 3 amide bonds. The number of ether oxygens (including phenoxy) is 5. The maximum Gasteiger partial charge on any atom is 0.408 e. The predicted molar refractivity (Wildman–Crippen MR) is 328 cm³/mol. The summed E-state index contributed by atoms with van der Waals surface area (Å²) in [6.07, 6.45) is 11.6. The molecular formula is C68H78N8O10. The number of aromatic nitrogens is 4. The molecule has 2 aliphatic rings. The lowest BCUT2D eigenvalue weighted by molar-refractivity contribution is -0.157. The molecule has 5 aromatic carbocycles. The summed E-state index contributed by atoms with van der Waals surface area (Å²) in [5.41, 5.74) is 14.3. The molecule has 0 bridgehead atoms. The minimum Gasteiger partial charge on any atom is -0.494 e. The standard InChI is InChI=1S/C38H42N4O6.C30H36N4O4/c1-26(2)8-7-19-47-33-17-15-29(16-18-33)31-21-39-35(40-22-31)30-13-11-27(12-14-30)20-34(36(43)42-23-32(24-42)37(44)46-3)41-38(45)48-25-28-9-5-4-6-10-28;1-20(2)5-4-14-38-26-12-10-22(11-13-26)24-16-32-28(33-17-24)23-8-6-21(7-9-23)15-27(31)29(35)34-18-25(19-34)30(36)37-3/h4-6,9-18,21-22,26,32,34H,7-8,19-20,23-25H2,1-3H3,(H,41,45);6-13,16-17,20,25,27H,4-5,14-15,18-19,31H2,1-3H3/t34-;27-/m00/s1. The number of nitrogens with one attached hydrogen (secondary N) is 1. The maximum absolute atomic E-state index is 13.4. The molecule has 0 radical (unpaired) electrons. The van der Waals surface area contributed by atoms with E-state index < -0.39 is 18.2 Å². The van der Waals surface area contributed by atoms with E-state index in [9.17, 15) is 24.0 Å². The maximum atomic E-state index is 13.4. The van der Waals surface area contributed by atoms with Crippen LogP contribution in [0.2, 0.25) is 0 Å². The van der Waals surface area contributed by atoms with E-state index in [-0.39, 0.29) is 61.7 Å². The third-order valence-corrected chi connectivity index (χ3v) is 15.0. The molecule has 2 saturated heterocycles. The van der Waals surface area contributed by atoms with Gasteiger partial charge in [0.2, 0.25) is 11.8 Å². The number of methoxy groups -OCH3 is 2. The summed E-state index contributed by atoms with van der Waals surface area (Å²) in [5, 5.41) is 2.73. The van der Waals surface area contributed by atoms with Crippen LogP contribution < -0.4 is 20.5 Å². The molecule has 0 aliphatic carbocycles. The zero-order chi connectivity index (χ0) is 61.0. The van der Waals surface area contributed by atoms with Crippen molar-refractivity contribution >= 4 is 29.8 Å². The number of alkyl carbamates (subject to hydrolysis) is 1. The monoisotopic (exact) mass is 1170 g/mol. The topological polar surface area (TPSA) is 228 Å². The fraction of sp³-hybridized carbons (Fsp3) is 0.368. The molecular weight excluding hydrogens is 1090 g/mol. The van der Waals surface area contributed by atoms with Gasteiger partial charge in [0.15, 0.2) is 11.6 Å². The van der Waals surface area contributed by atoms with Gasteiger partial charge in [-0.15, -0.1) is 0 Å². The molecule has 2 aliphatic heterocycles. The molecule has 2 atom stereocenters. The molecule has 18 nitrogen and oxygen atoms in total. The van der Waals surface area contributed by atoms with Crippen LogP contribution in [-0.2, 0) is 52.8 Å². The van der Waals surface area contributed by atoms with Crippen LogP contribution in [0.5, 0.6) is 11.5 Å². The van der Waals surface area contributed by atoms with E-state index in [1.165, 1.54) is 14.2 Å². The lowest BCUT2D eigenvalue weighted by Gasteiger charge is -2.39. The van der Waals surface area contributed by atoms with Crippen LogP contribution in [0.3, 0.4) is 0 Å². The second-order valence-corrected chi connectivity index (χ2v) is 22.5. The zero-order valence-electron chi connectivity index (χ0n) is 49.9. The number of nitrogens with zero attached hydrogens (tertiary/aromatic N) is 6. The first-order valence-electron chi connectivity index (χ1n) is 29.4. The van der Waals surface area contributed by atoms with Crippen molar-refractivity contribution in [3.63, 3.8) is 0 Å². The molecule has 0 unspecified atom stereocenters. The number of hydrogen-bond donors (Lipinski definition) is 2. The highest BCUT2D eigenvalue weighted by atomic mass is 16.5. The molecule has 9 rings (SSSR count). The Hall–Kier alpha value is -9.03. The number of esters is 2. The Balaban J connectivity index is 0.000000230. The number of rotatable bonds is 25. The molecule has 4 heterocycles. The van der Waals surface area contributed by atoms with E-state index in [0.29, 0.717) is 49.6 Å². The van der Waals surface area contributed by atoms with Crippen LogP contribution in [0.25, 0.3) is 45.0 Å². The predicted octanol–water partition coefficient (Wildman–Crippen LogP) is 10.2. The van der Waals surface area contributed by atoms with Crippen molar-refractivity contribution in [2.75, 3.05) is 53.6 Å². The average Bonchev–Trinajstić information content (AvgIpc) is 3.08. The van der Waals surface area contributed by atoms with E-state index in [0.717, 1.165) is 93.9 Å². The summed E-state index contributed by atoms with van der Waals surface area (Å²) in [7, 11) is 2.68. The van der Waals surface area contributed by atoms with Gasteiger partial charge in [-0.1, -0.05) is 131 Å². The summed E-state index contributed by atoms with van der Waals surface area (Å²) >= 11 is 0. The lowest BCUT2D eigenvalue weighted by atomic mass is 9.97. The van der Waals surface area contributed by atoms with Gasteiger partial charge >= 0.3 is 18.0 Å². The number of likely N-dealkylation sites (tertiary alicyclic amines) is 2. The van der Waals surface area contributed by atoms with Gasteiger partial charge in [-0.3, -0.25) is 19.2 Å². The first kappa shape index (κ1) is 63.0. The highest BCUT2D eigenvalue weighted by Gasteiger charge is 2.40. The van der Waals surface area contributed by atoms with Crippen LogP contribution in [-0.4, -0.2) is 125 Å². The molecule has 7 aromatic rings. The highest BCUT2D eigenvalue weighted by Crippen LogP contribution is 2.27. The minimum absolute atomic E-state index is 0.0769. The van der Waals surface area contributed by atoms with Crippen molar-refractivity contribution in [3.05, 3.63) is 169 Å². The summed E-state index contributed by atoms with van der Waals surface area (Å²) in [6, 6.07) is 39.0. The zero-order valence-corrected chi connectivity index (χ0v) is 49.9. The van der Waals surface area contributed by atoms with Gasteiger partial charge < -0.3 is 44.5 Å². The molecule has 86 heavy (non-hydrogen) atoms. The van der Waals surface area contributed by atoms with Gasteiger partial charge in [0.25, 0.3) is 0 Å². The number of amides is 3. The van der Waals surface area contributed by atoms with E-state index in [4.69, 9.17) is 29.4 Å². The Kier molecular flexibility index (Phi) is 22.9. The average molecular weight is 1170 g/mol. The molecule has 2 fully saturated rings. The third-order valence-electron chi connectivity index (χ3n) is 15.0. The molecule has 450 valence electrons. The fourth-order valence-electron chi connectivity index (χ4n) is 9.77. The Morgan fingerprint density at radius 3 is 1.34 bits per heavy atom. The van der Waals surface area contributed by atoms with Crippen molar-refractivity contribution < 1.29 is 47.7 Å². The number of benzene rings is 5. The van der Waals surface area contributed by atoms with Gasteiger partial charge in [0.05, 0.1) is 45.3 Å². The molecule has 0 spiro atoms. The number of carbonyl (C=O) groups is 5. The van der Waals surface area contributed by atoms with Crippen LogP contribution >= 0.6 is 0 Å². The van der Waals surface area contributed by atoms with Gasteiger partial charge in [-0.2, -0.15) is 0 Å². The first-order valence-corrected chi connectivity index (χ1v) is 29.4. The van der Waals surface area contributed by atoms with Crippen LogP contribution in [0.1, 0.15) is 70.1 Å². The summed E-state index contributed by atoms with van der Waals surface area (Å²) in [5.74, 6) is 2.56.